The molecule has 2 saturated heterocycles. The summed E-state index contributed by atoms with van der Waals surface area (Å²) in [7, 11) is -8.15. The van der Waals surface area contributed by atoms with Crippen LogP contribution in [0.15, 0.2) is 0 Å². The zero-order valence-corrected chi connectivity index (χ0v) is 56.9. The van der Waals surface area contributed by atoms with Crippen LogP contribution in [0.25, 0.3) is 19.5 Å². The van der Waals surface area contributed by atoms with Gasteiger partial charge in [-0.2, -0.15) is 0 Å². The molecule has 10 nitrogen and oxygen atoms in total. The Morgan fingerprint density at radius 1 is 0.324 bits per heavy atom. The van der Waals surface area contributed by atoms with Crippen LogP contribution in [0, 0.1) is 0 Å². The van der Waals surface area contributed by atoms with Crippen molar-refractivity contribution < 1.29 is 28.5 Å². The van der Waals surface area contributed by atoms with E-state index in [1.807, 2.05) is 22.7 Å². The van der Waals surface area contributed by atoms with Crippen molar-refractivity contribution in [2.45, 2.75) is 244 Å². The first-order chi connectivity index (χ1) is 34.4. The quantitative estimate of drug-likeness (QED) is 0.0791. The van der Waals surface area contributed by atoms with Gasteiger partial charge in [0.1, 0.15) is 55.1 Å². The highest BCUT2D eigenvalue weighted by Crippen LogP contribution is 2.61. The summed E-state index contributed by atoms with van der Waals surface area (Å²) in [6.45, 7) is 58.5. The summed E-state index contributed by atoms with van der Waals surface area (Å²) in [5.41, 5.74) is 8.74. The Kier molecular flexibility index (Phi) is 17.5. The van der Waals surface area contributed by atoms with Gasteiger partial charge in [-0.3, -0.25) is 9.59 Å². The van der Waals surface area contributed by atoms with Gasteiger partial charge in [0.05, 0.1) is 64.5 Å². The SMILES string of the molecule is CC(C)[Si](c1nc2c(s1)-c1sc([Si](C(C)C)(C(C)C)C(C)C)nc1C(=O)C2=O)(C(C)C)C(C)C.CC(C)[Si](c1nc2c(s1)-c1sc([Si](C(C)C)(C(C)C)C(C)C)nc1C1(OCCO1)C21OCCO1)(C(C)C)C(C)C. The van der Waals surface area contributed by atoms with E-state index in [2.05, 4.69) is 166 Å². The van der Waals surface area contributed by atoms with Gasteiger partial charge in [-0.05, 0) is 66.5 Å². The fourth-order valence-electron chi connectivity index (χ4n) is 16.4. The van der Waals surface area contributed by atoms with Gasteiger partial charge < -0.3 is 18.9 Å². The molecule has 18 heteroatoms. The molecule has 2 fully saturated rings. The molecular weight excluding hydrogens is 1070 g/mol. The lowest BCUT2D eigenvalue weighted by Crippen LogP contribution is -2.57. The van der Waals surface area contributed by atoms with Crippen molar-refractivity contribution >= 4 is 108 Å². The van der Waals surface area contributed by atoms with E-state index in [-0.39, 0.29) is 0 Å². The zero-order chi connectivity index (χ0) is 55.3. The molecule has 2 aliphatic heterocycles. The Morgan fingerprint density at radius 3 is 0.716 bits per heavy atom. The Labute approximate surface area is 465 Å². The number of aromatic nitrogens is 4. The average Bonchev–Trinajstić information content (AvgIpc) is 4.14. The van der Waals surface area contributed by atoms with E-state index in [9.17, 15) is 9.59 Å². The summed E-state index contributed by atoms with van der Waals surface area (Å²) in [5, 5.41) is 0. The van der Waals surface area contributed by atoms with Crippen LogP contribution in [0.5, 0.6) is 0 Å². The second kappa shape index (κ2) is 21.6. The smallest absolute Gasteiger partial charge is 0.276 e. The number of carbonyl (C=O) groups is 2. The Bertz CT molecular complexity index is 2410. The minimum Gasteiger partial charge on any atom is -0.338 e. The summed E-state index contributed by atoms with van der Waals surface area (Å²) in [5.74, 6) is -3.39. The minimum atomic E-state index is -2.04. The minimum absolute atomic E-state index is 0.387. The highest BCUT2D eigenvalue weighted by molar-refractivity contribution is 7.35. The molecule has 4 aromatic rings. The van der Waals surface area contributed by atoms with Gasteiger partial charge >= 0.3 is 0 Å². The lowest BCUT2D eigenvalue weighted by Gasteiger charge is -2.43. The lowest BCUT2D eigenvalue weighted by atomic mass is 9.91. The molecule has 0 amide bonds. The molecule has 2 spiro atoms. The molecule has 8 rings (SSSR count). The van der Waals surface area contributed by atoms with Crippen molar-refractivity contribution in [3.05, 3.63) is 22.8 Å². The van der Waals surface area contributed by atoms with Crippen molar-refractivity contribution in [3.8, 4) is 19.5 Å². The van der Waals surface area contributed by atoms with E-state index in [0.717, 1.165) is 30.4 Å². The van der Waals surface area contributed by atoms with E-state index in [4.69, 9.17) is 38.9 Å². The number of carbonyl (C=O) groups excluding carboxylic acids is 2. The molecule has 74 heavy (non-hydrogen) atoms. The van der Waals surface area contributed by atoms with Gasteiger partial charge in [0.2, 0.25) is 0 Å². The number of hydrogen-bond donors (Lipinski definition) is 0. The fourth-order valence-corrected chi connectivity index (χ4v) is 55.6. The van der Waals surface area contributed by atoms with Crippen molar-refractivity contribution in [2.24, 2.45) is 0 Å². The predicted molar refractivity (Wildman–Crippen MR) is 325 cm³/mol. The van der Waals surface area contributed by atoms with Crippen LogP contribution in [-0.2, 0) is 30.5 Å². The molecule has 4 aliphatic rings. The summed E-state index contributed by atoms with van der Waals surface area (Å²) < 4.78 is 31.3. The van der Waals surface area contributed by atoms with Crippen molar-refractivity contribution in [2.75, 3.05) is 26.4 Å². The first kappa shape index (κ1) is 60.2. The molecule has 2 aliphatic carbocycles. The number of thiazole rings is 4. The second-order valence-electron chi connectivity index (χ2n) is 25.7. The van der Waals surface area contributed by atoms with E-state index in [1.165, 1.54) is 19.0 Å². The normalized spacial score (nSPS) is 17.9. The van der Waals surface area contributed by atoms with Crippen molar-refractivity contribution in [1.29, 1.82) is 0 Å². The number of nitrogens with zero attached hydrogens (tertiary/aromatic N) is 4. The van der Waals surface area contributed by atoms with E-state index in [0.29, 0.717) is 104 Å². The Balaban J connectivity index is 0.000000219. The van der Waals surface area contributed by atoms with Crippen LogP contribution in [0.4, 0.5) is 0 Å². The van der Waals surface area contributed by atoms with Crippen molar-refractivity contribution in [1.82, 2.24) is 19.9 Å². The molecule has 412 valence electrons. The summed E-state index contributed by atoms with van der Waals surface area (Å²) in [6, 6.07) is 0. The van der Waals surface area contributed by atoms with E-state index >= 15 is 0 Å². The highest BCUT2D eigenvalue weighted by atomic mass is 32.1. The van der Waals surface area contributed by atoms with Crippen LogP contribution in [0.3, 0.4) is 0 Å². The Morgan fingerprint density at radius 2 is 0.514 bits per heavy atom. The number of rotatable bonds is 16. The molecule has 0 saturated carbocycles. The maximum atomic E-state index is 13.3. The molecule has 0 N–H and O–H groups in total. The highest BCUT2D eigenvalue weighted by Gasteiger charge is 2.71. The molecule has 0 bridgehead atoms. The zero-order valence-electron chi connectivity index (χ0n) is 49.6. The number of ether oxygens (including phenoxy) is 4. The topological polar surface area (TPSA) is 123 Å². The van der Waals surface area contributed by atoms with E-state index < -0.39 is 55.4 Å². The van der Waals surface area contributed by atoms with Gasteiger partial charge in [-0.15, -0.1) is 45.3 Å². The third-order valence-corrected chi connectivity index (χ3v) is 54.6. The molecule has 0 atom stereocenters. The summed E-state index contributed by atoms with van der Waals surface area (Å²) in [4.78, 5) is 51.8. The average molecular weight is 1160 g/mol. The monoisotopic (exact) mass is 1160 g/mol. The number of ketones is 2. The number of hydrogen-bond acceptors (Lipinski definition) is 14. The molecule has 0 radical (unpaired) electrons. The third kappa shape index (κ3) is 8.41. The molecule has 6 heterocycles. The van der Waals surface area contributed by atoms with Crippen LogP contribution in [-0.4, -0.2) is 90.2 Å². The summed E-state index contributed by atoms with van der Waals surface area (Å²) in [6.07, 6.45) is 0. The lowest BCUT2D eigenvalue weighted by molar-refractivity contribution is -0.368. The van der Waals surface area contributed by atoms with E-state index in [1.54, 1.807) is 22.7 Å². The number of Topliss-reactive ketones (excluding diaryl/α,β-unsaturated/α-hetero) is 2. The van der Waals surface area contributed by atoms with Gasteiger partial charge in [-0.1, -0.05) is 166 Å². The maximum Gasteiger partial charge on any atom is 0.276 e. The van der Waals surface area contributed by atoms with Crippen LogP contribution < -0.4 is 18.5 Å². The molecule has 0 unspecified atom stereocenters. The first-order valence-corrected chi connectivity index (χ1v) is 40.3. The van der Waals surface area contributed by atoms with Crippen LogP contribution >= 0.6 is 45.3 Å². The van der Waals surface area contributed by atoms with Gasteiger partial charge in [-0.25, -0.2) is 19.9 Å². The van der Waals surface area contributed by atoms with Gasteiger partial charge in [0.15, 0.2) is 0 Å². The first-order valence-electron chi connectivity index (χ1n) is 28.1. The Hall–Kier alpha value is -1.43. The third-order valence-electron chi connectivity index (χ3n) is 18.9. The largest absolute Gasteiger partial charge is 0.338 e. The predicted octanol–water partition coefficient (Wildman–Crippen LogP) is 14.9. The summed E-state index contributed by atoms with van der Waals surface area (Å²) >= 11 is 7.15. The van der Waals surface area contributed by atoms with Gasteiger partial charge in [0.25, 0.3) is 23.1 Å². The van der Waals surface area contributed by atoms with Crippen LogP contribution in [0.2, 0.25) is 66.5 Å². The van der Waals surface area contributed by atoms with Crippen LogP contribution in [0.1, 0.15) is 199 Å². The maximum absolute atomic E-state index is 13.3. The second-order valence-corrected chi connectivity index (χ2v) is 54.3. The molecule has 4 aromatic heterocycles. The standard InChI is InChI=1S/C30H50N2O4S2Si2.C26H42N2O2S2Si2/c1-17(2)39(18(3)4,19(5)6)27-31-25-23(37-27)24-26(30(35-15-16-36-30)29(25)33-13-14-34-29)32-28(38-24)40(20(7)8,21(9)10)22(11)12;1-13(2)33(14(3)4,15(5)6)25-27-19-21(29)22(30)20-24(23(19)31-25)32-26(28-20)34(16(7)8,17(9)10)18(11)12/h17-22H,13-16H2,1-12H3;13-18H,1-12H3. The molecule has 0 aromatic carbocycles. The molecular formula is C56H92N4O6S4Si4. The number of fused-ring (bicyclic) bond motifs is 9. The van der Waals surface area contributed by atoms with Crippen molar-refractivity contribution in [3.63, 3.8) is 0 Å². The van der Waals surface area contributed by atoms with Gasteiger partial charge in [0, 0.05) is 0 Å². The fraction of sp³-hybridized carbons (Fsp3) is 0.750.